The van der Waals surface area contributed by atoms with E-state index in [9.17, 15) is 9.59 Å². The number of carbonyl (C=O) groups excluding carboxylic acids is 2. The first-order chi connectivity index (χ1) is 17.9. The zero-order chi connectivity index (χ0) is 27.9. The molecule has 0 saturated heterocycles. The molecule has 3 rings (SSSR count). The molecule has 0 saturated carbocycles. The van der Waals surface area contributed by atoms with Gasteiger partial charge in [0.05, 0.1) is 4.47 Å². The standard InChI is InChI=1S/C31H36Br2N2O3/c1-21(2)34-30(37)27(17-22-10-7-6-8-11-22)35(19-23-12-9-13-25(32)16-23)29(36)20-38-28-15-14-24(18-26(28)33)31(3,4)5/h6-16,18,21,27H,17,19-20H2,1-5H3,(H,34,37). The second-order valence-electron chi connectivity index (χ2n) is 10.7. The minimum absolute atomic E-state index is 0.00788. The van der Waals surface area contributed by atoms with E-state index in [-0.39, 0.29) is 36.4 Å². The van der Waals surface area contributed by atoms with Gasteiger partial charge in [-0.2, -0.15) is 0 Å². The predicted molar refractivity (Wildman–Crippen MR) is 160 cm³/mol. The van der Waals surface area contributed by atoms with Crippen molar-refractivity contribution in [1.29, 1.82) is 0 Å². The van der Waals surface area contributed by atoms with Gasteiger partial charge in [-0.05, 0) is 76.1 Å². The largest absolute Gasteiger partial charge is 0.483 e. The molecule has 7 heteroatoms. The zero-order valence-corrected chi connectivity index (χ0v) is 25.8. The molecule has 0 radical (unpaired) electrons. The van der Waals surface area contributed by atoms with Gasteiger partial charge in [-0.3, -0.25) is 9.59 Å². The summed E-state index contributed by atoms with van der Waals surface area (Å²) in [5.41, 5.74) is 3.04. The molecule has 3 aromatic carbocycles. The van der Waals surface area contributed by atoms with Crippen molar-refractivity contribution in [3.05, 3.63) is 98.4 Å². The molecule has 202 valence electrons. The van der Waals surface area contributed by atoms with Gasteiger partial charge < -0.3 is 15.0 Å². The summed E-state index contributed by atoms with van der Waals surface area (Å²) in [7, 11) is 0. The Hall–Kier alpha value is -2.64. The fourth-order valence-corrected chi connectivity index (χ4v) is 5.01. The Kier molecular flexibility index (Phi) is 10.6. The van der Waals surface area contributed by atoms with E-state index < -0.39 is 6.04 Å². The van der Waals surface area contributed by atoms with Crippen LogP contribution in [0.1, 0.15) is 51.3 Å². The molecule has 0 aromatic heterocycles. The first kappa shape index (κ1) is 29.9. The van der Waals surface area contributed by atoms with Gasteiger partial charge in [-0.25, -0.2) is 0 Å². The Morgan fingerprint density at radius 2 is 1.61 bits per heavy atom. The molecule has 0 bridgehead atoms. The lowest BCUT2D eigenvalue weighted by Crippen LogP contribution is -2.52. The van der Waals surface area contributed by atoms with E-state index in [1.54, 1.807) is 4.90 Å². The van der Waals surface area contributed by atoms with Crippen LogP contribution in [0.15, 0.2) is 81.7 Å². The Bertz CT molecular complexity index is 1240. The number of ether oxygens (including phenoxy) is 1. The van der Waals surface area contributed by atoms with Crippen molar-refractivity contribution >= 4 is 43.7 Å². The number of halogens is 2. The molecule has 0 aliphatic heterocycles. The number of carbonyl (C=O) groups is 2. The first-order valence-electron chi connectivity index (χ1n) is 12.7. The molecular formula is C31H36Br2N2O3. The molecule has 3 aromatic rings. The molecule has 0 aliphatic rings. The highest BCUT2D eigenvalue weighted by Crippen LogP contribution is 2.31. The van der Waals surface area contributed by atoms with Crippen LogP contribution >= 0.6 is 31.9 Å². The topological polar surface area (TPSA) is 58.6 Å². The molecular weight excluding hydrogens is 608 g/mol. The molecule has 1 atom stereocenters. The van der Waals surface area contributed by atoms with Gasteiger partial charge in [0.15, 0.2) is 6.61 Å². The van der Waals surface area contributed by atoms with Gasteiger partial charge in [0.2, 0.25) is 5.91 Å². The number of benzene rings is 3. The van der Waals surface area contributed by atoms with Crippen LogP contribution in [-0.2, 0) is 28.0 Å². The normalized spacial score (nSPS) is 12.2. The highest BCUT2D eigenvalue weighted by atomic mass is 79.9. The molecule has 2 amide bonds. The summed E-state index contributed by atoms with van der Waals surface area (Å²) in [6.07, 6.45) is 0.392. The average molecular weight is 644 g/mol. The van der Waals surface area contributed by atoms with Gasteiger partial charge in [-0.15, -0.1) is 0 Å². The van der Waals surface area contributed by atoms with Crippen LogP contribution < -0.4 is 10.1 Å². The number of nitrogens with zero attached hydrogens (tertiary/aromatic N) is 1. The second-order valence-corrected chi connectivity index (χ2v) is 12.5. The fourth-order valence-electron chi connectivity index (χ4n) is 4.07. The lowest BCUT2D eigenvalue weighted by molar-refractivity contribution is -0.143. The van der Waals surface area contributed by atoms with Crippen LogP contribution in [0.5, 0.6) is 5.75 Å². The van der Waals surface area contributed by atoms with Crippen molar-refractivity contribution in [2.24, 2.45) is 0 Å². The summed E-state index contributed by atoms with van der Waals surface area (Å²) in [5.74, 6) is 0.125. The zero-order valence-electron chi connectivity index (χ0n) is 22.6. The van der Waals surface area contributed by atoms with E-state index in [2.05, 4.69) is 57.9 Å². The van der Waals surface area contributed by atoms with Crippen molar-refractivity contribution in [3.63, 3.8) is 0 Å². The summed E-state index contributed by atoms with van der Waals surface area (Å²) >= 11 is 7.11. The van der Waals surface area contributed by atoms with Gasteiger partial charge in [0.1, 0.15) is 11.8 Å². The third-order valence-corrected chi connectivity index (χ3v) is 7.21. The van der Waals surface area contributed by atoms with Crippen molar-refractivity contribution in [1.82, 2.24) is 10.2 Å². The summed E-state index contributed by atoms with van der Waals surface area (Å²) in [6.45, 7) is 10.4. The third-order valence-electron chi connectivity index (χ3n) is 6.09. The minimum atomic E-state index is -0.707. The number of rotatable bonds is 10. The minimum Gasteiger partial charge on any atom is -0.483 e. The van der Waals surface area contributed by atoms with E-state index >= 15 is 0 Å². The number of hydrogen-bond donors (Lipinski definition) is 1. The monoisotopic (exact) mass is 642 g/mol. The molecule has 0 heterocycles. The number of nitrogens with one attached hydrogen (secondary N) is 1. The van der Waals surface area contributed by atoms with Crippen LogP contribution in [0, 0.1) is 0 Å². The lowest BCUT2D eigenvalue weighted by Gasteiger charge is -2.32. The Morgan fingerprint density at radius 3 is 2.21 bits per heavy atom. The van der Waals surface area contributed by atoms with Crippen LogP contribution in [0.2, 0.25) is 0 Å². The van der Waals surface area contributed by atoms with E-state index in [1.807, 2.05) is 86.6 Å². The molecule has 1 unspecified atom stereocenters. The maximum atomic E-state index is 13.8. The predicted octanol–water partition coefficient (Wildman–Crippen LogP) is 7.05. The summed E-state index contributed by atoms with van der Waals surface area (Å²) in [5, 5.41) is 3.01. The molecule has 38 heavy (non-hydrogen) atoms. The van der Waals surface area contributed by atoms with Gasteiger partial charge in [0.25, 0.3) is 5.91 Å². The fraction of sp³-hybridized carbons (Fsp3) is 0.355. The van der Waals surface area contributed by atoms with Crippen LogP contribution in [0.25, 0.3) is 0 Å². The third kappa shape index (κ3) is 8.70. The second kappa shape index (κ2) is 13.4. The molecule has 5 nitrogen and oxygen atoms in total. The highest BCUT2D eigenvalue weighted by molar-refractivity contribution is 9.10. The van der Waals surface area contributed by atoms with E-state index in [4.69, 9.17) is 4.74 Å². The molecule has 1 N–H and O–H groups in total. The van der Waals surface area contributed by atoms with Gasteiger partial charge >= 0.3 is 0 Å². The van der Waals surface area contributed by atoms with Gasteiger partial charge in [-0.1, -0.05) is 85.2 Å². The average Bonchev–Trinajstić information content (AvgIpc) is 2.85. The van der Waals surface area contributed by atoms with Crippen LogP contribution in [-0.4, -0.2) is 35.4 Å². The summed E-state index contributed by atoms with van der Waals surface area (Å²) < 4.78 is 7.69. The van der Waals surface area contributed by atoms with Crippen molar-refractivity contribution in [2.75, 3.05) is 6.61 Å². The van der Waals surface area contributed by atoms with Crippen molar-refractivity contribution in [3.8, 4) is 5.75 Å². The number of amides is 2. The lowest BCUT2D eigenvalue weighted by atomic mass is 9.87. The summed E-state index contributed by atoms with van der Waals surface area (Å²) in [6, 6.07) is 22.7. The van der Waals surface area contributed by atoms with Crippen molar-refractivity contribution in [2.45, 2.75) is 65.1 Å². The first-order valence-corrected chi connectivity index (χ1v) is 14.3. The maximum absolute atomic E-state index is 13.8. The molecule has 0 spiro atoms. The Labute approximate surface area is 243 Å². The Morgan fingerprint density at radius 1 is 0.921 bits per heavy atom. The SMILES string of the molecule is CC(C)NC(=O)C(Cc1ccccc1)N(Cc1cccc(Br)c1)C(=O)COc1ccc(C(C)(C)C)cc1Br. The van der Waals surface area contributed by atoms with Crippen LogP contribution in [0.4, 0.5) is 0 Å². The Balaban J connectivity index is 1.91. The molecule has 0 aliphatic carbocycles. The van der Waals surface area contributed by atoms with E-state index in [1.165, 1.54) is 0 Å². The van der Waals surface area contributed by atoms with Gasteiger partial charge in [0, 0.05) is 23.5 Å². The molecule has 0 fully saturated rings. The quantitative estimate of drug-likeness (QED) is 0.258. The number of hydrogen-bond acceptors (Lipinski definition) is 3. The smallest absolute Gasteiger partial charge is 0.261 e. The van der Waals surface area contributed by atoms with Crippen molar-refractivity contribution < 1.29 is 14.3 Å². The van der Waals surface area contributed by atoms with Crippen LogP contribution in [0.3, 0.4) is 0 Å². The highest BCUT2D eigenvalue weighted by Gasteiger charge is 2.31. The maximum Gasteiger partial charge on any atom is 0.261 e. The van der Waals surface area contributed by atoms with E-state index in [0.717, 1.165) is 25.6 Å². The van der Waals surface area contributed by atoms with E-state index in [0.29, 0.717) is 12.2 Å². The summed E-state index contributed by atoms with van der Waals surface area (Å²) in [4.78, 5) is 28.8.